The number of fused-ring (bicyclic) bond motifs is 1. The molecule has 28 heavy (non-hydrogen) atoms. The van der Waals surface area contributed by atoms with Gasteiger partial charge in [0.2, 0.25) is 0 Å². The number of hydrogen-bond acceptors (Lipinski definition) is 5. The van der Waals surface area contributed by atoms with Crippen LogP contribution in [0.15, 0.2) is 42.5 Å². The van der Waals surface area contributed by atoms with Gasteiger partial charge in [-0.25, -0.2) is 0 Å². The lowest BCUT2D eigenvalue weighted by Gasteiger charge is -2.30. The third-order valence-electron chi connectivity index (χ3n) is 5.17. The Morgan fingerprint density at radius 3 is 2.71 bits per heavy atom. The van der Waals surface area contributed by atoms with Crippen LogP contribution >= 0.6 is 0 Å². The number of likely N-dealkylation sites (N-methyl/N-ethyl adjacent to an activating group) is 1. The highest BCUT2D eigenvalue weighted by atomic mass is 16.3. The van der Waals surface area contributed by atoms with Crippen molar-refractivity contribution >= 4 is 16.6 Å². The van der Waals surface area contributed by atoms with Crippen molar-refractivity contribution in [2.45, 2.75) is 25.8 Å². The van der Waals surface area contributed by atoms with Crippen LogP contribution in [0.1, 0.15) is 25.3 Å². The summed E-state index contributed by atoms with van der Waals surface area (Å²) in [5.41, 5.74) is 2.12. The molecule has 2 N–H and O–H groups in total. The highest BCUT2D eigenvalue weighted by Crippen LogP contribution is 2.35. The van der Waals surface area contributed by atoms with Crippen molar-refractivity contribution in [2.24, 2.45) is 0 Å². The monoisotopic (exact) mass is 372 g/mol. The van der Waals surface area contributed by atoms with Crippen LogP contribution in [0.5, 0.6) is 5.75 Å². The van der Waals surface area contributed by atoms with Gasteiger partial charge < -0.3 is 15.3 Å². The molecule has 1 fully saturated rings. The Labute approximate surface area is 165 Å². The predicted molar refractivity (Wildman–Crippen MR) is 113 cm³/mol. The SMILES string of the molecule is CC#Cc1ccc(-c2nnc(N[C@@H]3CCCN(C)C3)c3ccccc23)c(O)c1. The molecule has 1 saturated heterocycles. The van der Waals surface area contributed by atoms with Crippen molar-refractivity contribution in [1.29, 1.82) is 0 Å². The summed E-state index contributed by atoms with van der Waals surface area (Å²) in [6, 6.07) is 13.9. The minimum Gasteiger partial charge on any atom is -0.507 e. The maximum Gasteiger partial charge on any atom is 0.156 e. The molecule has 0 spiro atoms. The van der Waals surface area contributed by atoms with Crippen LogP contribution in [0, 0.1) is 11.8 Å². The number of hydrogen-bond donors (Lipinski definition) is 2. The Kier molecular flexibility index (Phi) is 5.14. The first-order valence-corrected chi connectivity index (χ1v) is 9.62. The molecule has 0 saturated carbocycles. The number of nitrogens with zero attached hydrogens (tertiary/aromatic N) is 3. The van der Waals surface area contributed by atoms with Gasteiger partial charge in [0.15, 0.2) is 5.82 Å². The minimum atomic E-state index is 0.161. The maximum absolute atomic E-state index is 10.5. The van der Waals surface area contributed by atoms with E-state index in [0.29, 0.717) is 17.3 Å². The topological polar surface area (TPSA) is 61.3 Å². The van der Waals surface area contributed by atoms with Crippen LogP contribution in [0.4, 0.5) is 5.82 Å². The number of rotatable bonds is 3. The second-order valence-electron chi connectivity index (χ2n) is 7.30. The van der Waals surface area contributed by atoms with E-state index in [1.165, 1.54) is 6.42 Å². The number of phenols is 1. The first-order chi connectivity index (χ1) is 13.7. The smallest absolute Gasteiger partial charge is 0.156 e. The summed E-state index contributed by atoms with van der Waals surface area (Å²) >= 11 is 0. The standard InChI is InChI=1S/C23H24N4O/c1-3-7-16-11-12-20(21(28)14-16)22-18-9-4-5-10-19(18)23(26-25-22)24-17-8-6-13-27(2)15-17/h4-5,9-12,14,17,28H,6,8,13,15H2,1-2H3,(H,24,26)/t17-/m1/s1. The van der Waals surface area contributed by atoms with E-state index in [0.717, 1.165) is 41.7 Å². The van der Waals surface area contributed by atoms with Crippen LogP contribution in [0.3, 0.4) is 0 Å². The Hall–Kier alpha value is -3.10. The zero-order valence-corrected chi connectivity index (χ0v) is 16.2. The molecule has 1 aliphatic heterocycles. The third-order valence-corrected chi connectivity index (χ3v) is 5.17. The molecule has 4 rings (SSSR count). The van der Waals surface area contributed by atoms with Crippen molar-refractivity contribution in [3.63, 3.8) is 0 Å². The Balaban J connectivity index is 1.74. The van der Waals surface area contributed by atoms with E-state index >= 15 is 0 Å². The van der Waals surface area contributed by atoms with Gasteiger partial charge in [-0.3, -0.25) is 0 Å². The average molecular weight is 372 g/mol. The lowest BCUT2D eigenvalue weighted by Crippen LogP contribution is -2.40. The molecule has 0 radical (unpaired) electrons. The molecule has 0 unspecified atom stereocenters. The molecule has 2 aromatic carbocycles. The average Bonchev–Trinajstić information content (AvgIpc) is 2.69. The number of aromatic hydroxyl groups is 1. The minimum absolute atomic E-state index is 0.161. The molecule has 1 aliphatic rings. The summed E-state index contributed by atoms with van der Waals surface area (Å²) in [6.07, 6.45) is 2.31. The zero-order valence-electron chi connectivity index (χ0n) is 16.2. The van der Waals surface area contributed by atoms with Gasteiger partial charge in [-0.2, -0.15) is 0 Å². The predicted octanol–water partition coefficient (Wildman–Crippen LogP) is 3.88. The number of aromatic nitrogens is 2. The molecule has 0 bridgehead atoms. The zero-order chi connectivity index (χ0) is 19.5. The first kappa shape index (κ1) is 18.3. The van der Waals surface area contributed by atoms with Crippen molar-refractivity contribution in [3.8, 4) is 28.8 Å². The van der Waals surface area contributed by atoms with Crippen LogP contribution < -0.4 is 5.32 Å². The normalized spacial score (nSPS) is 17.1. The lowest BCUT2D eigenvalue weighted by atomic mass is 10.0. The van der Waals surface area contributed by atoms with E-state index in [4.69, 9.17) is 0 Å². The van der Waals surface area contributed by atoms with E-state index in [1.54, 1.807) is 13.0 Å². The number of likely N-dealkylation sites (tertiary alicyclic amines) is 1. The quantitative estimate of drug-likeness (QED) is 0.683. The third kappa shape index (κ3) is 3.64. The number of anilines is 1. The fourth-order valence-corrected chi connectivity index (χ4v) is 3.84. The molecule has 5 nitrogen and oxygen atoms in total. The van der Waals surface area contributed by atoms with E-state index in [9.17, 15) is 5.11 Å². The van der Waals surface area contributed by atoms with Gasteiger partial charge in [-0.15, -0.1) is 16.1 Å². The molecular formula is C23H24N4O. The van der Waals surface area contributed by atoms with E-state index < -0.39 is 0 Å². The van der Waals surface area contributed by atoms with Gasteiger partial charge in [-0.05, 0) is 51.6 Å². The van der Waals surface area contributed by atoms with Crippen LogP contribution in [-0.2, 0) is 0 Å². The van der Waals surface area contributed by atoms with Crippen molar-refractivity contribution in [2.75, 3.05) is 25.5 Å². The fraction of sp³-hybridized carbons (Fsp3) is 0.304. The second-order valence-corrected chi connectivity index (χ2v) is 7.30. The van der Waals surface area contributed by atoms with E-state index in [-0.39, 0.29) is 5.75 Å². The summed E-state index contributed by atoms with van der Waals surface area (Å²) in [5, 5.41) is 25.0. The summed E-state index contributed by atoms with van der Waals surface area (Å²) in [6.45, 7) is 3.92. The van der Waals surface area contributed by atoms with Crippen LogP contribution in [0.2, 0.25) is 0 Å². The summed E-state index contributed by atoms with van der Waals surface area (Å²) in [5.74, 6) is 6.77. The van der Waals surface area contributed by atoms with Crippen molar-refractivity contribution in [3.05, 3.63) is 48.0 Å². The molecule has 142 valence electrons. The lowest BCUT2D eigenvalue weighted by molar-refractivity contribution is 0.261. The maximum atomic E-state index is 10.5. The van der Waals surface area contributed by atoms with Gasteiger partial charge in [0, 0.05) is 34.5 Å². The molecule has 0 amide bonds. The highest BCUT2D eigenvalue weighted by molar-refractivity contribution is 6.00. The summed E-state index contributed by atoms with van der Waals surface area (Å²) in [7, 11) is 2.15. The molecule has 1 atom stereocenters. The van der Waals surface area contributed by atoms with Crippen LogP contribution in [0.25, 0.3) is 22.0 Å². The van der Waals surface area contributed by atoms with Gasteiger partial charge in [-0.1, -0.05) is 30.2 Å². The fourth-order valence-electron chi connectivity index (χ4n) is 3.84. The van der Waals surface area contributed by atoms with Gasteiger partial charge >= 0.3 is 0 Å². The number of piperidine rings is 1. The first-order valence-electron chi connectivity index (χ1n) is 9.62. The number of benzene rings is 2. The van der Waals surface area contributed by atoms with Gasteiger partial charge in [0.25, 0.3) is 0 Å². The summed E-state index contributed by atoms with van der Waals surface area (Å²) < 4.78 is 0. The molecule has 5 heteroatoms. The number of nitrogens with one attached hydrogen (secondary N) is 1. The molecular weight excluding hydrogens is 348 g/mol. The Bertz CT molecular complexity index is 1070. The molecule has 2 heterocycles. The van der Waals surface area contributed by atoms with E-state index in [2.05, 4.69) is 45.4 Å². The Morgan fingerprint density at radius 2 is 1.96 bits per heavy atom. The van der Waals surface area contributed by atoms with Crippen LogP contribution in [-0.4, -0.2) is 46.4 Å². The molecule has 0 aliphatic carbocycles. The van der Waals surface area contributed by atoms with Crippen molar-refractivity contribution < 1.29 is 5.11 Å². The highest BCUT2D eigenvalue weighted by Gasteiger charge is 2.20. The Morgan fingerprint density at radius 1 is 1.14 bits per heavy atom. The van der Waals surface area contributed by atoms with Gasteiger partial charge in [0.1, 0.15) is 11.4 Å². The number of phenolic OH excluding ortho intramolecular Hbond substituents is 1. The molecule has 1 aromatic heterocycles. The second kappa shape index (κ2) is 7.87. The van der Waals surface area contributed by atoms with Crippen molar-refractivity contribution in [1.82, 2.24) is 15.1 Å². The molecule has 3 aromatic rings. The van der Waals surface area contributed by atoms with E-state index in [1.807, 2.05) is 30.3 Å². The largest absolute Gasteiger partial charge is 0.507 e. The summed E-state index contributed by atoms with van der Waals surface area (Å²) in [4.78, 5) is 2.34. The van der Waals surface area contributed by atoms with Gasteiger partial charge in [0.05, 0.1) is 0 Å².